The molecule has 1 aromatic heterocycles. The van der Waals surface area contributed by atoms with E-state index in [-0.39, 0.29) is 12.5 Å². The molecular weight excluding hydrogens is 456 g/mol. The number of carbonyl (C=O) groups excluding carboxylic acids is 4. The number of ketones is 1. The zero-order valence-corrected chi connectivity index (χ0v) is 18.8. The molecule has 9 nitrogen and oxygen atoms in total. The van der Waals surface area contributed by atoms with Gasteiger partial charge in [-0.05, 0) is 30.5 Å². The molecule has 2 N–H and O–H groups in total. The third-order valence-corrected chi connectivity index (χ3v) is 6.50. The second-order valence-corrected chi connectivity index (χ2v) is 8.82. The molecule has 5 rings (SSSR count). The summed E-state index contributed by atoms with van der Waals surface area (Å²) in [7, 11) is 0. The van der Waals surface area contributed by atoms with E-state index in [9.17, 15) is 19.2 Å². The molecular formula is C24H20N4O5S. The van der Waals surface area contributed by atoms with Crippen LogP contribution in [0.4, 0.5) is 15.6 Å². The lowest BCUT2D eigenvalue weighted by molar-refractivity contribution is -0.120. The number of carbonyl (C=O) groups is 4. The molecule has 0 radical (unpaired) electrons. The molecule has 0 spiro atoms. The average molecular weight is 477 g/mol. The van der Waals surface area contributed by atoms with E-state index in [0.29, 0.717) is 47.0 Å². The summed E-state index contributed by atoms with van der Waals surface area (Å²) < 4.78 is 5.39. The van der Waals surface area contributed by atoms with Gasteiger partial charge in [-0.25, -0.2) is 9.78 Å². The van der Waals surface area contributed by atoms with Crippen molar-refractivity contribution in [2.45, 2.75) is 25.5 Å². The van der Waals surface area contributed by atoms with Gasteiger partial charge in [0, 0.05) is 17.5 Å². The molecule has 2 aliphatic rings. The van der Waals surface area contributed by atoms with E-state index in [4.69, 9.17) is 4.74 Å². The Labute approximate surface area is 198 Å². The summed E-state index contributed by atoms with van der Waals surface area (Å²) in [6, 6.07) is 13.7. The van der Waals surface area contributed by atoms with Crippen LogP contribution in [0.25, 0.3) is 11.3 Å². The predicted octanol–water partition coefficient (Wildman–Crippen LogP) is 3.68. The quantitative estimate of drug-likeness (QED) is 0.543. The molecule has 0 aliphatic carbocycles. The van der Waals surface area contributed by atoms with Gasteiger partial charge in [0.1, 0.15) is 12.6 Å². The molecule has 2 aromatic carbocycles. The molecule has 3 heterocycles. The SMILES string of the molecule is O=C1Nc2ccc(-c3csc(NC(=O)[C@@H]4CCCN4C(=O)OCc4ccccc4)n3)cc2C1=O. The number of thiazole rings is 1. The first kappa shape index (κ1) is 21.8. The Bertz CT molecular complexity index is 1290. The van der Waals surface area contributed by atoms with E-state index in [1.807, 2.05) is 30.3 Å². The third-order valence-electron chi connectivity index (χ3n) is 5.74. The van der Waals surface area contributed by atoms with Crippen molar-refractivity contribution in [2.75, 3.05) is 17.2 Å². The van der Waals surface area contributed by atoms with Crippen LogP contribution in [0.3, 0.4) is 0 Å². The summed E-state index contributed by atoms with van der Waals surface area (Å²) in [5.74, 6) is -1.56. The summed E-state index contributed by atoms with van der Waals surface area (Å²) in [6.45, 7) is 0.593. The number of benzene rings is 2. The number of fused-ring (bicyclic) bond motifs is 1. The Morgan fingerprint density at radius 2 is 2.00 bits per heavy atom. The van der Waals surface area contributed by atoms with Gasteiger partial charge in [0.25, 0.3) is 11.7 Å². The second kappa shape index (κ2) is 9.06. The highest BCUT2D eigenvalue weighted by atomic mass is 32.1. The average Bonchev–Trinajstić information content (AvgIpc) is 3.58. The first-order valence-corrected chi connectivity index (χ1v) is 11.6. The predicted molar refractivity (Wildman–Crippen MR) is 125 cm³/mol. The van der Waals surface area contributed by atoms with Crippen molar-refractivity contribution in [3.05, 3.63) is 65.0 Å². The van der Waals surface area contributed by atoms with Crippen LogP contribution in [0.15, 0.2) is 53.9 Å². The molecule has 2 aliphatic heterocycles. The maximum absolute atomic E-state index is 12.9. The summed E-state index contributed by atoms with van der Waals surface area (Å²) >= 11 is 1.24. The van der Waals surface area contributed by atoms with Crippen LogP contribution in [-0.4, -0.2) is 46.2 Å². The molecule has 1 fully saturated rings. The van der Waals surface area contributed by atoms with Gasteiger partial charge in [0.05, 0.1) is 16.9 Å². The third kappa shape index (κ3) is 4.27. The molecule has 3 aromatic rings. The lowest BCUT2D eigenvalue weighted by Crippen LogP contribution is -2.43. The van der Waals surface area contributed by atoms with Gasteiger partial charge in [-0.3, -0.25) is 19.3 Å². The Kier molecular flexibility index (Phi) is 5.81. The van der Waals surface area contributed by atoms with Crippen LogP contribution in [0.5, 0.6) is 0 Å². The molecule has 0 unspecified atom stereocenters. The largest absolute Gasteiger partial charge is 0.445 e. The first-order chi connectivity index (χ1) is 16.5. The van der Waals surface area contributed by atoms with Crippen LogP contribution >= 0.6 is 11.3 Å². The highest BCUT2D eigenvalue weighted by Crippen LogP contribution is 2.31. The Balaban J connectivity index is 1.23. The van der Waals surface area contributed by atoms with Gasteiger partial charge in [-0.1, -0.05) is 36.4 Å². The zero-order valence-electron chi connectivity index (χ0n) is 17.9. The van der Waals surface area contributed by atoms with E-state index in [2.05, 4.69) is 15.6 Å². The Hall–Kier alpha value is -4.05. The molecule has 0 saturated carbocycles. The summed E-state index contributed by atoms with van der Waals surface area (Å²) in [6.07, 6.45) is 0.725. The van der Waals surface area contributed by atoms with E-state index in [1.165, 1.54) is 16.2 Å². The molecule has 10 heteroatoms. The van der Waals surface area contributed by atoms with Crippen LogP contribution in [0, 0.1) is 0 Å². The second-order valence-electron chi connectivity index (χ2n) is 7.96. The van der Waals surface area contributed by atoms with E-state index in [1.54, 1.807) is 23.6 Å². The summed E-state index contributed by atoms with van der Waals surface area (Å²) in [5, 5.41) is 7.44. The number of amides is 3. The van der Waals surface area contributed by atoms with E-state index in [0.717, 1.165) is 5.56 Å². The van der Waals surface area contributed by atoms with Gasteiger partial charge in [0.15, 0.2) is 5.13 Å². The number of nitrogens with zero attached hydrogens (tertiary/aromatic N) is 2. The van der Waals surface area contributed by atoms with Crippen molar-refractivity contribution in [3.63, 3.8) is 0 Å². The number of anilines is 2. The first-order valence-electron chi connectivity index (χ1n) is 10.7. The lowest BCUT2D eigenvalue weighted by atomic mass is 10.1. The molecule has 0 bridgehead atoms. The number of likely N-dealkylation sites (tertiary alicyclic amines) is 1. The smallest absolute Gasteiger partial charge is 0.410 e. The van der Waals surface area contributed by atoms with Crippen LogP contribution < -0.4 is 10.6 Å². The fraction of sp³-hybridized carbons (Fsp3) is 0.208. The minimum absolute atomic E-state index is 0.144. The van der Waals surface area contributed by atoms with Gasteiger partial charge in [0.2, 0.25) is 5.91 Å². The van der Waals surface area contributed by atoms with Crippen LogP contribution in [0.2, 0.25) is 0 Å². The maximum atomic E-state index is 12.9. The van der Waals surface area contributed by atoms with Gasteiger partial charge in [-0.2, -0.15) is 0 Å². The molecule has 1 atom stereocenters. The highest BCUT2D eigenvalue weighted by Gasteiger charge is 2.35. The number of hydrogen-bond acceptors (Lipinski definition) is 7. The van der Waals surface area contributed by atoms with Gasteiger partial charge >= 0.3 is 6.09 Å². The summed E-state index contributed by atoms with van der Waals surface area (Å²) in [5.41, 5.74) is 2.88. The zero-order chi connectivity index (χ0) is 23.7. The fourth-order valence-electron chi connectivity index (χ4n) is 4.01. The summed E-state index contributed by atoms with van der Waals surface area (Å²) in [4.78, 5) is 54.9. The van der Waals surface area contributed by atoms with Crippen molar-refractivity contribution < 1.29 is 23.9 Å². The van der Waals surface area contributed by atoms with Crippen molar-refractivity contribution in [1.29, 1.82) is 0 Å². The molecule has 1 saturated heterocycles. The Morgan fingerprint density at radius 1 is 1.18 bits per heavy atom. The van der Waals surface area contributed by atoms with E-state index >= 15 is 0 Å². The molecule has 172 valence electrons. The number of Topliss-reactive ketones (excluding diaryl/α,β-unsaturated/α-hetero) is 1. The number of ether oxygens (including phenoxy) is 1. The monoisotopic (exact) mass is 476 g/mol. The van der Waals surface area contributed by atoms with Crippen molar-refractivity contribution in [3.8, 4) is 11.3 Å². The number of hydrogen-bond donors (Lipinski definition) is 2. The Morgan fingerprint density at radius 3 is 2.82 bits per heavy atom. The topological polar surface area (TPSA) is 118 Å². The van der Waals surface area contributed by atoms with Crippen molar-refractivity contribution >= 4 is 45.8 Å². The minimum atomic E-state index is -0.651. The minimum Gasteiger partial charge on any atom is -0.445 e. The van der Waals surface area contributed by atoms with Crippen molar-refractivity contribution in [2.24, 2.45) is 0 Å². The maximum Gasteiger partial charge on any atom is 0.410 e. The van der Waals surface area contributed by atoms with Crippen LogP contribution in [0.1, 0.15) is 28.8 Å². The van der Waals surface area contributed by atoms with Gasteiger partial charge in [-0.15, -0.1) is 11.3 Å². The van der Waals surface area contributed by atoms with Gasteiger partial charge < -0.3 is 15.4 Å². The number of nitrogens with one attached hydrogen (secondary N) is 2. The number of rotatable bonds is 5. The van der Waals surface area contributed by atoms with Crippen molar-refractivity contribution in [1.82, 2.24) is 9.88 Å². The highest BCUT2D eigenvalue weighted by molar-refractivity contribution is 7.14. The normalized spacial score (nSPS) is 16.8. The number of aromatic nitrogens is 1. The standard InChI is InChI=1S/C24H20N4O5S/c29-20-16-11-15(8-9-17(16)25-22(20)31)18-13-34-23(26-18)27-21(30)19-7-4-10-28(19)24(32)33-12-14-5-2-1-3-6-14/h1-3,5-6,8-9,11,13,19H,4,7,10,12H2,(H,25,29,31)(H,26,27,30)/t19-/m0/s1. The lowest BCUT2D eigenvalue weighted by Gasteiger charge is -2.22. The fourth-order valence-corrected chi connectivity index (χ4v) is 4.74. The van der Waals surface area contributed by atoms with Crippen LogP contribution in [-0.2, 0) is 20.9 Å². The van der Waals surface area contributed by atoms with E-state index < -0.39 is 23.8 Å². The molecule has 3 amide bonds. The molecule has 34 heavy (non-hydrogen) atoms.